The molecule has 0 aliphatic heterocycles. The Labute approximate surface area is 186 Å². The summed E-state index contributed by atoms with van der Waals surface area (Å²) in [6, 6.07) is 17.9. The van der Waals surface area contributed by atoms with Gasteiger partial charge in [-0.3, -0.25) is 0 Å². The van der Waals surface area contributed by atoms with Crippen LogP contribution in [0.1, 0.15) is 35.2 Å². The van der Waals surface area contributed by atoms with Gasteiger partial charge in [0.2, 0.25) is 0 Å². The van der Waals surface area contributed by atoms with Gasteiger partial charge in [-0.2, -0.15) is 0 Å². The normalized spacial score (nSPS) is 12.5. The molecular weight excluding hydrogens is 417 g/mol. The minimum absolute atomic E-state index is 0. The fourth-order valence-electron chi connectivity index (χ4n) is 3.55. The van der Waals surface area contributed by atoms with Crippen molar-refractivity contribution in [3.05, 3.63) is 82.7 Å². The van der Waals surface area contributed by atoms with Crippen LogP contribution in [0.25, 0.3) is 28.3 Å². The third-order valence-electron chi connectivity index (χ3n) is 5.25. The van der Waals surface area contributed by atoms with Crippen molar-refractivity contribution in [2.75, 3.05) is 0 Å². The maximum absolute atomic E-state index is 8.04. The Morgan fingerprint density at radius 1 is 0.900 bits per heavy atom. The van der Waals surface area contributed by atoms with Crippen molar-refractivity contribution in [2.45, 2.75) is 33.1 Å². The molecule has 6 heteroatoms. The van der Waals surface area contributed by atoms with Gasteiger partial charge in [0, 0.05) is 16.8 Å². The zero-order valence-electron chi connectivity index (χ0n) is 17.0. The molecular formula is C24H24CoN5-. The van der Waals surface area contributed by atoms with Crippen LogP contribution in [0.15, 0.2) is 54.6 Å². The summed E-state index contributed by atoms with van der Waals surface area (Å²) in [6.07, 6.45) is 2.90. The molecule has 2 heterocycles. The molecule has 5 rings (SSSR count). The van der Waals surface area contributed by atoms with Gasteiger partial charge in [-0.25, -0.2) is 9.97 Å². The first-order chi connectivity index (χ1) is 14.0. The first-order valence-corrected chi connectivity index (χ1v) is 9.83. The number of H-pyrrole nitrogens is 1. The Bertz CT molecular complexity index is 1140. The van der Waals surface area contributed by atoms with E-state index in [1.54, 1.807) is 0 Å². The molecule has 0 spiro atoms. The average Bonchev–Trinajstić information content (AvgIpc) is 3.17. The number of fused-ring (bicyclic) bond motifs is 2. The molecule has 1 aliphatic rings. The number of nitrogens with one attached hydrogen (secondary N) is 3. The molecule has 0 fully saturated rings. The van der Waals surface area contributed by atoms with Gasteiger partial charge < -0.3 is 16.1 Å². The van der Waals surface area contributed by atoms with Crippen LogP contribution in [0, 0.1) is 19.3 Å². The van der Waals surface area contributed by atoms with Gasteiger partial charge in [0.25, 0.3) is 0 Å². The Morgan fingerprint density at radius 3 is 2.33 bits per heavy atom. The SMILES string of the molecule is Cc1cccc(C)c1[NH-].N=C1CCCc2ccc(-c3nc4ccccc4[nH]3)nc21.[Co]. The maximum Gasteiger partial charge on any atom is 0.157 e. The topological polar surface area (TPSA) is 89.2 Å². The Hall–Kier alpha value is -2.96. The van der Waals surface area contributed by atoms with Gasteiger partial charge in [-0.15, -0.1) is 5.69 Å². The summed E-state index contributed by atoms with van der Waals surface area (Å²) in [5.41, 5.74) is 15.6. The summed E-state index contributed by atoms with van der Waals surface area (Å²) in [5, 5.41) is 8.04. The molecule has 155 valence electrons. The Morgan fingerprint density at radius 2 is 1.63 bits per heavy atom. The van der Waals surface area contributed by atoms with Crippen LogP contribution in [-0.4, -0.2) is 20.7 Å². The molecule has 0 bridgehead atoms. The summed E-state index contributed by atoms with van der Waals surface area (Å²) in [6.45, 7) is 3.91. The number of hydrogen-bond donors (Lipinski definition) is 2. The number of hydrogen-bond acceptors (Lipinski definition) is 3. The second-order valence-corrected chi connectivity index (χ2v) is 7.41. The molecule has 0 amide bonds. The van der Waals surface area contributed by atoms with E-state index >= 15 is 0 Å². The van der Waals surface area contributed by atoms with Crippen LogP contribution in [0.2, 0.25) is 0 Å². The van der Waals surface area contributed by atoms with Crippen molar-refractivity contribution in [3.8, 4) is 11.5 Å². The van der Waals surface area contributed by atoms with Crippen molar-refractivity contribution in [3.63, 3.8) is 0 Å². The van der Waals surface area contributed by atoms with Crippen LogP contribution in [0.4, 0.5) is 5.69 Å². The monoisotopic (exact) mass is 441 g/mol. The van der Waals surface area contributed by atoms with Crippen molar-refractivity contribution in [2.24, 2.45) is 0 Å². The van der Waals surface area contributed by atoms with E-state index < -0.39 is 0 Å². The molecule has 30 heavy (non-hydrogen) atoms. The first-order valence-electron chi connectivity index (χ1n) is 9.83. The zero-order valence-corrected chi connectivity index (χ0v) is 18.1. The van der Waals surface area contributed by atoms with Crippen molar-refractivity contribution >= 4 is 22.4 Å². The standard InChI is InChI=1S/C16H14N4.C8H10N.Co/c17-11-5-3-4-10-8-9-14(18-15(10)11)16-19-12-6-1-2-7-13(12)20-16;1-6-4-3-5-7(2)8(6)9;/h1-2,6-9,17H,3-5H2,(H,19,20);3-5,9H,1-2H3;/q;-1;. The van der Waals surface area contributed by atoms with Crippen LogP contribution in [-0.2, 0) is 23.2 Å². The molecule has 4 aromatic rings. The predicted octanol–water partition coefficient (Wildman–Crippen LogP) is 6.31. The number of aromatic amines is 1. The fraction of sp³-hybridized carbons (Fsp3) is 0.208. The number of imidazole rings is 1. The van der Waals surface area contributed by atoms with Gasteiger partial charge >= 0.3 is 0 Å². The third kappa shape index (κ3) is 4.45. The molecule has 2 aromatic heterocycles. The molecule has 0 saturated carbocycles. The van der Waals surface area contributed by atoms with Crippen molar-refractivity contribution in [1.29, 1.82) is 5.41 Å². The second kappa shape index (κ2) is 9.24. The van der Waals surface area contributed by atoms with Crippen LogP contribution >= 0.6 is 0 Å². The summed E-state index contributed by atoms with van der Waals surface area (Å²) in [5.74, 6) is 0.771. The number of para-hydroxylation sites is 2. The van der Waals surface area contributed by atoms with E-state index in [1.165, 1.54) is 5.56 Å². The molecule has 0 unspecified atom stereocenters. The number of nitrogens with zero attached hydrogens (tertiary/aromatic N) is 2. The van der Waals surface area contributed by atoms with E-state index in [9.17, 15) is 0 Å². The molecule has 1 aliphatic carbocycles. The van der Waals surface area contributed by atoms with E-state index in [0.29, 0.717) is 11.4 Å². The molecule has 0 atom stereocenters. The summed E-state index contributed by atoms with van der Waals surface area (Å²) in [7, 11) is 0. The number of aryl methyl sites for hydroxylation is 3. The largest absolute Gasteiger partial charge is 0.698 e. The molecule has 0 saturated heterocycles. The number of rotatable bonds is 1. The minimum Gasteiger partial charge on any atom is -0.698 e. The summed E-state index contributed by atoms with van der Waals surface area (Å²) in [4.78, 5) is 12.5. The van der Waals surface area contributed by atoms with Crippen LogP contribution in [0.3, 0.4) is 0 Å². The predicted molar refractivity (Wildman–Crippen MR) is 119 cm³/mol. The molecule has 1 radical (unpaired) electrons. The number of benzene rings is 2. The Balaban J connectivity index is 0.000000218. The molecule has 2 aromatic carbocycles. The minimum atomic E-state index is 0. The van der Waals surface area contributed by atoms with Gasteiger partial charge in [-0.05, 0) is 56.9 Å². The summed E-state index contributed by atoms with van der Waals surface area (Å²) < 4.78 is 0. The van der Waals surface area contributed by atoms with E-state index in [1.807, 2.05) is 62.4 Å². The van der Waals surface area contributed by atoms with E-state index in [4.69, 9.17) is 11.1 Å². The average molecular weight is 441 g/mol. The number of pyridine rings is 1. The van der Waals surface area contributed by atoms with Gasteiger partial charge in [0.05, 0.1) is 22.4 Å². The van der Waals surface area contributed by atoms with Crippen molar-refractivity contribution in [1.82, 2.24) is 15.0 Å². The van der Waals surface area contributed by atoms with E-state index in [2.05, 4.69) is 21.0 Å². The fourth-order valence-corrected chi connectivity index (χ4v) is 3.55. The molecule has 5 nitrogen and oxygen atoms in total. The Kier molecular flexibility index (Phi) is 6.69. The van der Waals surface area contributed by atoms with Gasteiger partial charge in [0.15, 0.2) is 5.82 Å². The van der Waals surface area contributed by atoms with Gasteiger partial charge in [-0.1, -0.05) is 47.5 Å². The van der Waals surface area contributed by atoms with Crippen molar-refractivity contribution < 1.29 is 16.8 Å². The quantitative estimate of drug-likeness (QED) is 0.362. The van der Waals surface area contributed by atoms with Crippen LogP contribution in [0.5, 0.6) is 0 Å². The second-order valence-electron chi connectivity index (χ2n) is 7.41. The van der Waals surface area contributed by atoms with E-state index in [0.717, 1.165) is 58.6 Å². The third-order valence-corrected chi connectivity index (χ3v) is 5.25. The number of aromatic nitrogens is 3. The molecule has 3 N–H and O–H groups in total. The first kappa shape index (κ1) is 21.7. The van der Waals surface area contributed by atoms with E-state index in [-0.39, 0.29) is 16.8 Å². The van der Waals surface area contributed by atoms with Gasteiger partial charge in [0.1, 0.15) is 5.69 Å². The zero-order chi connectivity index (χ0) is 20.4. The summed E-state index contributed by atoms with van der Waals surface area (Å²) >= 11 is 0. The maximum atomic E-state index is 8.04. The van der Waals surface area contributed by atoms with Crippen LogP contribution < -0.4 is 0 Å². The smallest absolute Gasteiger partial charge is 0.157 e.